The SMILES string of the molecule is O=C(O)CCCCCCC(=O)NCc1cccc(-c2ccc([C@@H]3O[C@H](CN(Cc4ccccc4)Cc4ccccc4)C[C@H](c4ccc(CO)cc4)O3)cc2)c1. The molecule has 8 nitrogen and oxygen atoms in total. The summed E-state index contributed by atoms with van der Waals surface area (Å²) in [5.41, 5.74) is 8.49. The first-order chi connectivity index (χ1) is 26.9. The summed E-state index contributed by atoms with van der Waals surface area (Å²) in [7, 11) is 0. The van der Waals surface area contributed by atoms with Gasteiger partial charge in [0.1, 0.15) is 0 Å². The molecule has 55 heavy (non-hydrogen) atoms. The van der Waals surface area contributed by atoms with Crippen LogP contribution in [0.1, 0.15) is 90.7 Å². The Hall–Kier alpha value is -5.12. The van der Waals surface area contributed by atoms with Crippen molar-refractivity contribution in [1.29, 1.82) is 0 Å². The lowest BCUT2D eigenvalue weighted by atomic mass is 9.98. The van der Waals surface area contributed by atoms with Gasteiger partial charge in [-0.2, -0.15) is 0 Å². The average Bonchev–Trinajstić information content (AvgIpc) is 3.22. The molecule has 1 fully saturated rings. The standard InChI is InChI=1S/C47H52N2O6/c50-34-37-20-22-40(23-21-37)44-29-43(33-49(31-35-12-5-3-6-13-35)32-36-14-7-4-8-15-36)54-47(55-44)41-26-24-39(25-27-41)42-17-11-16-38(28-42)30-48-45(51)18-9-1-2-10-19-46(52)53/h3-8,11-17,20-28,43-44,47,50H,1-2,9-10,18-19,29-34H2,(H,48,51)(H,52,53)/t43-,44+,47+/m0/s1. The fourth-order valence-electron chi connectivity index (χ4n) is 7.09. The number of carboxylic acid groups (broad SMARTS) is 1. The van der Waals surface area contributed by atoms with Crippen LogP contribution in [0.15, 0.2) is 133 Å². The maximum absolute atomic E-state index is 12.4. The fourth-order valence-corrected chi connectivity index (χ4v) is 7.09. The monoisotopic (exact) mass is 740 g/mol. The van der Waals surface area contributed by atoms with E-state index in [2.05, 4.69) is 95.1 Å². The van der Waals surface area contributed by atoms with Crippen molar-refractivity contribution in [3.63, 3.8) is 0 Å². The Kier molecular flexibility index (Phi) is 14.8. The van der Waals surface area contributed by atoms with Gasteiger partial charge in [0.05, 0.1) is 18.8 Å². The first-order valence-electron chi connectivity index (χ1n) is 19.4. The number of rotatable bonds is 19. The van der Waals surface area contributed by atoms with Crippen molar-refractivity contribution < 1.29 is 29.3 Å². The lowest BCUT2D eigenvalue weighted by Gasteiger charge is -2.38. The van der Waals surface area contributed by atoms with Gasteiger partial charge in [-0.05, 0) is 57.9 Å². The molecular formula is C47H52N2O6. The maximum Gasteiger partial charge on any atom is 0.303 e. The van der Waals surface area contributed by atoms with Crippen LogP contribution in [-0.4, -0.2) is 39.6 Å². The van der Waals surface area contributed by atoms with Gasteiger partial charge < -0.3 is 25.0 Å². The molecule has 1 aliphatic rings. The van der Waals surface area contributed by atoms with Crippen LogP contribution in [0.4, 0.5) is 0 Å². The van der Waals surface area contributed by atoms with E-state index in [-0.39, 0.29) is 31.1 Å². The van der Waals surface area contributed by atoms with Gasteiger partial charge in [0.25, 0.3) is 0 Å². The first-order valence-corrected chi connectivity index (χ1v) is 19.4. The molecule has 3 atom stereocenters. The highest BCUT2D eigenvalue weighted by Crippen LogP contribution is 2.39. The number of amides is 1. The van der Waals surface area contributed by atoms with E-state index in [0.29, 0.717) is 25.8 Å². The molecule has 5 aromatic carbocycles. The predicted octanol–water partition coefficient (Wildman–Crippen LogP) is 9.14. The van der Waals surface area contributed by atoms with Crippen LogP contribution in [0.25, 0.3) is 11.1 Å². The van der Waals surface area contributed by atoms with Crippen LogP contribution < -0.4 is 5.32 Å². The molecule has 0 aromatic heterocycles. The van der Waals surface area contributed by atoms with Gasteiger partial charge in [-0.25, -0.2) is 0 Å². The molecule has 0 radical (unpaired) electrons. The predicted molar refractivity (Wildman–Crippen MR) is 214 cm³/mol. The summed E-state index contributed by atoms with van der Waals surface area (Å²) in [6.07, 6.45) is 3.54. The van der Waals surface area contributed by atoms with Crippen LogP contribution in [0, 0.1) is 0 Å². The zero-order valence-corrected chi connectivity index (χ0v) is 31.4. The average molecular weight is 741 g/mol. The molecule has 0 unspecified atom stereocenters. The molecule has 8 heteroatoms. The lowest BCUT2D eigenvalue weighted by molar-refractivity contribution is -0.253. The molecule has 1 heterocycles. The minimum absolute atomic E-state index is 0.00317. The van der Waals surface area contributed by atoms with E-state index in [9.17, 15) is 14.7 Å². The maximum atomic E-state index is 12.4. The van der Waals surface area contributed by atoms with E-state index in [1.807, 2.05) is 48.5 Å². The van der Waals surface area contributed by atoms with E-state index >= 15 is 0 Å². The van der Waals surface area contributed by atoms with Crippen LogP contribution >= 0.6 is 0 Å². The molecule has 286 valence electrons. The number of nitrogens with zero attached hydrogens (tertiary/aromatic N) is 1. The summed E-state index contributed by atoms with van der Waals surface area (Å²) in [4.78, 5) is 25.6. The van der Waals surface area contributed by atoms with Crippen molar-refractivity contribution in [2.45, 2.75) is 89.7 Å². The molecule has 0 bridgehead atoms. The van der Waals surface area contributed by atoms with Gasteiger partial charge in [-0.15, -0.1) is 0 Å². The van der Waals surface area contributed by atoms with E-state index in [4.69, 9.17) is 14.6 Å². The van der Waals surface area contributed by atoms with E-state index in [1.165, 1.54) is 11.1 Å². The van der Waals surface area contributed by atoms with Crippen molar-refractivity contribution in [1.82, 2.24) is 10.2 Å². The first kappa shape index (κ1) is 39.6. The Morgan fingerprint density at radius 1 is 0.636 bits per heavy atom. The van der Waals surface area contributed by atoms with Crippen molar-refractivity contribution >= 4 is 11.9 Å². The van der Waals surface area contributed by atoms with Gasteiger partial charge >= 0.3 is 5.97 Å². The largest absolute Gasteiger partial charge is 0.481 e. The molecule has 5 aromatic rings. The normalized spacial score (nSPS) is 16.9. The molecule has 0 saturated carbocycles. The second-order valence-electron chi connectivity index (χ2n) is 14.4. The lowest BCUT2D eigenvalue weighted by Crippen LogP contribution is -2.39. The van der Waals surface area contributed by atoms with Crippen molar-refractivity contribution in [3.8, 4) is 11.1 Å². The Balaban J connectivity index is 1.13. The summed E-state index contributed by atoms with van der Waals surface area (Å²) in [5, 5.41) is 21.5. The van der Waals surface area contributed by atoms with Gasteiger partial charge in [0, 0.05) is 51.0 Å². The number of aliphatic hydroxyl groups excluding tert-OH is 1. The zero-order valence-electron chi connectivity index (χ0n) is 31.4. The minimum Gasteiger partial charge on any atom is -0.481 e. The number of benzene rings is 5. The zero-order chi connectivity index (χ0) is 38.2. The fraction of sp³-hybridized carbons (Fsp3) is 0.319. The van der Waals surface area contributed by atoms with E-state index in [0.717, 1.165) is 72.3 Å². The molecule has 6 rings (SSSR count). The summed E-state index contributed by atoms with van der Waals surface area (Å²) < 4.78 is 13.5. The van der Waals surface area contributed by atoms with Crippen LogP contribution in [0.2, 0.25) is 0 Å². The summed E-state index contributed by atoms with van der Waals surface area (Å²) >= 11 is 0. The van der Waals surface area contributed by atoms with Gasteiger partial charge in [-0.1, -0.05) is 140 Å². The number of hydrogen-bond acceptors (Lipinski definition) is 6. The number of carboxylic acids is 1. The third kappa shape index (κ3) is 12.5. The number of aliphatic carboxylic acids is 1. The van der Waals surface area contributed by atoms with Gasteiger partial charge in [0.15, 0.2) is 6.29 Å². The Morgan fingerprint density at radius 3 is 1.89 bits per heavy atom. The van der Waals surface area contributed by atoms with Crippen molar-refractivity contribution in [2.24, 2.45) is 0 Å². The number of aliphatic hydroxyl groups is 1. The molecule has 1 saturated heterocycles. The second kappa shape index (κ2) is 20.5. The third-order valence-corrected chi connectivity index (χ3v) is 10.1. The van der Waals surface area contributed by atoms with Gasteiger partial charge in [-0.3, -0.25) is 14.5 Å². The number of unbranched alkanes of at least 4 members (excludes halogenated alkanes) is 3. The third-order valence-electron chi connectivity index (χ3n) is 10.1. The highest BCUT2D eigenvalue weighted by Gasteiger charge is 2.33. The summed E-state index contributed by atoms with van der Waals surface area (Å²) in [6.45, 7) is 2.76. The molecular weight excluding hydrogens is 689 g/mol. The second-order valence-corrected chi connectivity index (χ2v) is 14.4. The summed E-state index contributed by atoms with van der Waals surface area (Å²) in [6, 6.07) is 45.6. The Labute approximate surface area is 324 Å². The smallest absolute Gasteiger partial charge is 0.303 e. The molecule has 1 aliphatic heterocycles. The molecule has 0 spiro atoms. The quantitative estimate of drug-likeness (QED) is 0.0725. The molecule has 1 amide bonds. The topological polar surface area (TPSA) is 108 Å². The van der Waals surface area contributed by atoms with Crippen molar-refractivity contribution in [2.75, 3.05) is 6.54 Å². The Morgan fingerprint density at radius 2 is 1.25 bits per heavy atom. The van der Waals surface area contributed by atoms with Crippen molar-refractivity contribution in [3.05, 3.63) is 167 Å². The number of ether oxygens (including phenoxy) is 2. The minimum atomic E-state index is -0.774. The number of carbonyl (C=O) groups excluding carboxylic acids is 1. The van der Waals surface area contributed by atoms with Crippen LogP contribution in [0.3, 0.4) is 0 Å². The van der Waals surface area contributed by atoms with E-state index in [1.54, 1.807) is 0 Å². The molecule has 0 aliphatic carbocycles. The number of carbonyl (C=O) groups is 2. The molecule has 3 N–H and O–H groups in total. The van der Waals surface area contributed by atoms with E-state index < -0.39 is 12.3 Å². The highest BCUT2D eigenvalue weighted by molar-refractivity contribution is 5.76. The number of hydrogen-bond donors (Lipinski definition) is 3. The summed E-state index contributed by atoms with van der Waals surface area (Å²) in [5.74, 6) is -0.769. The van der Waals surface area contributed by atoms with Crippen LogP contribution in [-0.2, 0) is 45.3 Å². The number of nitrogens with one attached hydrogen (secondary N) is 1. The highest BCUT2D eigenvalue weighted by atomic mass is 16.7. The Bertz CT molecular complexity index is 1880. The van der Waals surface area contributed by atoms with Gasteiger partial charge in [0.2, 0.25) is 5.91 Å². The van der Waals surface area contributed by atoms with Crippen LogP contribution in [0.5, 0.6) is 0 Å².